The number of pyridine rings is 1. The summed E-state index contributed by atoms with van der Waals surface area (Å²) in [6.45, 7) is 0. The lowest BCUT2D eigenvalue weighted by atomic mass is 9.95. The maximum Gasteiger partial charge on any atom is 0.356 e. The standard InChI is InChI=1S/C20H15NO4/c1-25-20(24)16-12-15(13-8-4-2-5-9-13)17(19(22)23)18(21-16)14-10-6-3-7-11-14/h2-12H,1H3,(H,22,23). The molecule has 0 radical (unpaired) electrons. The van der Waals surface area contributed by atoms with E-state index in [1.165, 1.54) is 13.2 Å². The van der Waals surface area contributed by atoms with Gasteiger partial charge in [0.05, 0.1) is 18.4 Å². The number of carboxylic acid groups (broad SMARTS) is 1. The van der Waals surface area contributed by atoms with Crippen molar-refractivity contribution in [3.8, 4) is 22.4 Å². The summed E-state index contributed by atoms with van der Waals surface area (Å²) in [5.41, 5.74) is 2.06. The van der Waals surface area contributed by atoms with Crippen molar-refractivity contribution in [3.63, 3.8) is 0 Å². The van der Waals surface area contributed by atoms with Crippen LogP contribution in [0, 0.1) is 0 Å². The van der Waals surface area contributed by atoms with E-state index in [0.717, 1.165) is 0 Å². The molecule has 0 aliphatic rings. The van der Waals surface area contributed by atoms with Crippen LogP contribution in [0.1, 0.15) is 20.8 Å². The second-order valence-corrected chi connectivity index (χ2v) is 5.31. The number of benzene rings is 2. The van der Waals surface area contributed by atoms with Gasteiger partial charge in [-0.05, 0) is 11.6 Å². The minimum absolute atomic E-state index is 0.0463. The quantitative estimate of drug-likeness (QED) is 0.733. The van der Waals surface area contributed by atoms with Crippen molar-refractivity contribution in [2.24, 2.45) is 0 Å². The highest BCUT2D eigenvalue weighted by atomic mass is 16.5. The zero-order valence-corrected chi connectivity index (χ0v) is 13.5. The van der Waals surface area contributed by atoms with Gasteiger partial charge in [-0.25, -0.2) is 14.6 Å². The minimum Gasteiger partial charge on any atom is -0.478 e. The predicted molar refractivity (Wildman–Crippen MR) is 93.4 cm³/mol. The summed E-state index contributed by atoms with van der Waals surface area (Å²) >= 11 is 0. The van der Waals surface area contributed by atoms with Crippen molar-refractivity contribution in [2.75, 3.05) is 7.11 Å². The number of carbonyl (C=O) groups is 2. The lowest BCUT2D eigenvalue weighted by Gasteiger charge is -2.13. The molecule has 3 rings (SSSR count). The first-order valence-corrected chi connectivity index (χ1v) is 7.59. The molecule has 1 aromatic heterocycles. The molecule has 3 aromatic rings. The van der Waals surface area contributed by atoms with Gasteiger partial charge in [-0.15, -0.1) is 0 Å². The van der Waals surface area contributed by atoms with E-state index >= 15 is 0 Å². The van der Waals surface area contributed by atoms with Gasteiger partial charge in [-0.3, -0.25) is 0 Å². The van der Waals surface area contributed by atoms with E-state index in [-0.39, 0.29) is 17.0 Å². The van der Waals surface area contributed by atoms with Crippen LogP contribution in [-0.2, 0) is 4.74 Å². The summed E-state index contributed by atoms with van der Waals surface area (Å²) in [5.74, 6) is -1.73. The van der Waals surface area contributed by atoms with Gasteiger partial charge >= 0.3 is 11.9 Å². The first-order valence-electron chi connectivity index (χ1n) is 7.59. The van der Waals surface area contributed by atoms with Crippen LogP contribution in [0.25, 0.3) is 22.4 Å². The number of ether oxygens (including phenoxy) is 1. The number of aromatic carboxylic acids is 1. The molecule has 5 nitrogen and oxygen atoms in total. The van der Waals surface area contributed by atoms with Gasteiger partial charge < -0.3 is 9.84 Å². The van der Waals surface area contributed by atoms with Crippen LogP contribution in [0.3, 0.4) is 0 Å². The van der Waals surface area contributed by atoms with Crippen LogP contribution in [0.4, 0.5) is 0 Å². The van der Waals surface area contributed by atoms with Crippen LogP contribution in [0.15, 0.2) is 66.7 Å². The van der Waals surface area contributed by atoms with E-state index in [1.54, 1.807) is 48.5 Å². The Morgan fingerprint density at radius 1 is 0.920 bits per heavy atom. The molecule has 25 heavy (non-hydrogen) atoms. The maximum absolute atomic E-state index is 12.0. The highest BCUT2D eigenvalue weighted by Gasteiger charge is 2.23. The fourth-order valence-electron chi connectivity index (χ4n) is 2.62. The lowest BCUT2D eigenvalue weighted by Crippen LogP contribution is -2.11. The molecule has 2 aromatic carbocycles. The third-order valence-electron chi connectivity index (χ3n) is 3.76. The third-order valence-corrected chi connectivity index (χ3v) is 3.76. The van der Waals surface area contributed by atoms with E-state index in [9.17, 15) is 14.7 Å². The van der Waals surface area contributed by atoms with Gasteiger partial charge in [0.25, 0.3) is 0 Å². The van der Waals surface area contributed by atoms with E-state index in [4.69, 9.17) is 4.74 Å². The number of esters is 1. The first kappa shape index (κ1) is 16.4. The Balaban J connectivity index is 2.37. The summed E-state index contributed by atoms with van der Waals surface area (Å²) in [5, 5.41) is 9.80. The van der Waals surface area contributed by atoms with Gasteiger partial charge in [0.2, 0.25) is 0 Å². The van der Waals surface area contributed by atoms with Crippen LogP contribution >= 0.6 is 0 Å². The first-order chi connectivity index (χ1) is 12.1. The largest absolute Gasteiger partial charge is 0.478 e. The Morgan fingerprint density at radius 2 is 1.48 bits per heavy atom. The molecule has 0 fully saturated rings. The SMILES string of the molecule is COC(=O)c1cc(-c2ccccc2)c(C(=O)O)c(-c2ccccc2)n1. The molecule has 124 valence electrons. The smallest absolute Gasteiger partial charge is 0.356 e. The molecule has 0 unspecified atom stereocenters. The maximum atomic E-state index is 12.0. The highest BCUT2D eigenvalue weighted by molar-refractivity contribution is 6.04. The average molecular weight is 333 g/mol. The van der Waals surface area contributed by atoms with Crippen molar-refractivity contribution < 1.29 is 19.4 Å². The van der Waals surface area contributed by atoms with E-state index in [0.29, 0.717) is 16.7 Å². The molecule has 0 amide bonds. The monoisotopic (exact) mass is 333 g/mol. The summed E-state index contributed by atoms with van der Waals surface area (Å²) < 4.78 is 4.77. The number of hydrogen-bond acceptors (Lipinski definition) is 4. The molecule has 0 saturated carbocycles. The second-order valence-electron chi connectivity index (χ2n) is 5.31. The molecule has 0 spiro atoms. The van der Waals surface area contributed by atoms with Crippen molar-refractivity contribution in [2.45, 2.75) is 0 Å². The Bertz CT molecular complexity index is 860. The van der Waals surface area contributed by atoms with Crippen LogP contribution in [0.5, 0.6) is 0 Å². The highest BCUT2D eigenvalue weighted by Crippen LogP contribution is 2.32. The number of aromatic nitrogens is 1. The predicted octanol–water partition coefficient (Wildman–Crippen LogP) is 3.90. The van der Waals surface area contributed by atoms with Gasteiger partial charge in [-0.1, -0.05) is 60.7 Å². The Kier molecular flexibility index (Phi) is 4.57. The fraction of sp³-hybridized carbons (Fsp3) is 0.0500. The third kappa shape index (κ3) is 3.26. The van der Waals surface area contributed by atoms with E-state index in [2.05, 4.69) is 4.98 Å². The number of rotatable bonds is 4. The average Bonchev–Trinajstić information content (AvgIpc) is 2.67. The summed E-state index contributed by atoms with van der Waals surface area (Å²) in [7, 11) is 1.26. The van der Waals surface area contributed by atoms with Gasteiger partial charge in [0, 0.05) is 11.1 Å². The van der Waals surface area contributed by atoms with Crippen LogP contribution < -0.4 is 0 Å². The van der Waals surface area contributed by atoms with E-state index < -0.39 is 11.9 Å². The summed E-state index contributed by atoms with van der Waals surface area (Å²) in [6, 6.07) is 19.4. The van der Waals surface area contributed by atoms with Gasteiger partial charge in [0.1, 0.15) is 5.69 Å². The zero-order valence-electron chi connectivity index (χ0n) is 13.5. The number of hydrogen-bond donors (Lipinski definition) is 1. The Hall–Kier alpha value is -3.47. The zero-order chi connectivity index (χ0) is 17.8. The number of methoxy groups -OCH3 is 1. The molecule has 0 saturated heterocycles. The van der Waals surface area contributed by atoms with Crippen molar-refractivity contribution in [1.82, 2.24) is 4.98 Å². The molecule has 0 aliphatic carbocycles. The van der Waals surface area contributed by atoms with E-state index in [1.807, 2.05) is 12.1 Å². The van der Waals surface area contributed by atoms with Crippen molar-refractivity contribution in [3.05, 3.63) is 78.0 Å². The number of nitrogens with zero attached hydrogens (tertiary/aromatic N) is 1. The fourth-order valence-corrected chi connectivity index (χ4v) is 2.62. The normalized spacial score (nSPS) is 10.3. The molecule has 0 atom stereocenters. The second kappa shape index (κ2) is 6.97. The van der Waals surface area contributed by atoms with Crippen molar-refractivity contribution >= 4 is 11.9 Å². The number of carboxylic acids is 1. The summed E-state index contributed by atoms with van der Waals surface area (Å²) in [4.78, 5) is 28.3. The molecule has 0 aliphatic heterocycles. The molecular formula is C20H15NO4. The lowest BCUT2D eigenvalue weighted by molar-refractivity contribution is 0.0592. The Morgan fingerprint density at radius 3 is 2.00 bits per heavy atom. The summed E-state index contributed by atoms with van der Waals surface area (Å²) in [6.07, 6.45) is 0. The molecule has 0 bridgehead atoms. The molecule has 5 heteroatoms. The topological polar surface area (TPSA) is 76.5 Å². The number of carbonyl (C=O) groups excluding carboxylic acids is 1. The van der Waals surface area contributed by atoms with Crippen molar-refractivity contribution in [1.29, 1.82) is 0 Å². The minimum atomic E-state index is -1.11. The molecule has 1 heterocycles. The van der Waals surface area contributed by atoms with Gasteiger partial charge in [-0.2, -0.15) is 0 Å². The molecular weight excluding hydrogens is 318 g/mol. The van der Waals surface area contributed by atoms with Gasteiger partial charge in [0.15, 0.2) is 0 Å². The van der Waals surface area contributed by atoms with Crippen LogP contribution in [0.2, 0.25) is 0 Å². The van der Waals surface area contributed by atoms with Crippen LogP contribution in [-0.4, -0.2) is 29.1 Å². The molecule has 1 N–H and O–H groups in total. The Labute approximate surface area is 144 Å².